The van der Waals surface area contributed by atoms with E-state index < -0.39 is 0 Å². The molecule has 1 amide bonds. The van der Waals surface area contributed by atoms with Gasteiger partial charge in [0.1, 0.15) is 0 Å². The molecule has 1 atom stereocenters. The first-order valence-electron chi connectivity index (χ1n) is 7.03. The number of hydrogen-bond acceptors (Lipinski definition) is 2. The van der Waals surface area contributed by atoms with E-state index in [1.165, 1.54) is 25.9 Å². The molecule has 0 unspecified atom stereocenters. The van der Waals surface area contributed by atoms with Crippen molar-refractivity contribution in [1.29, 1.82) is 0 Å². The maximum Gasteiger partial charge on any atom is 0.222 e. The molecule has 0 aliphatic carbocycles. The molecule has 1 aliphatic heterocycles. The Morgan fingerprint density at radius 3 is 2.24 bits per heavy atom. The molecule has 0 aromatic heterocycles. The maximum atomic E-state index is 11.7. The summed E-state index contributed by atoms with van der Waals surface area (Å²) in [6.45, 7) is 11.9. The molecule has 3 heteroatoms. The Morgan fingerprint density at radius 2 is 1.76 bits per heavy atom. The summed E-state index contributed by atoms with van der Waals surface area (Å²) in [6, 6.07) is 0.325. The van der Waals surface area contributed by atoms with Crippen LogP contribution in [0.2, 0.25) is 0 Å². The third-order valence-electron chi connectivity index (χ3n) is 3.61. The summed E-state index contributed by atoms with van der Waals surface area (Å²) in [7, 11) is 0. The minimum absolute atomic E-state index is 0.0861. The van der Waals surface area contributed by atoms with Crippen LogP contribution in [0.25, 0.3) is 0 Å². The van der Waals surface area contributed by atoms with Gasteiger partial charge in [-0.15, -0.1) is 0 Å². The topological polar surface area (TPSA) is 32.3 Å². The second-order valence-electron chi connectivity index (χ2n) is 5.85. The van der Waals surface area contributed by atoms with E-state index in [2.05, 4.69) is 24.1 Å². The van der Waals surface area contributed by atoms with Crippen LogP contribution in [-0.2, 0) is 4.79 Å². The Kier molecular flexibility index (Phi) is 5.96. The molecule has 1 heterocycles. The summed E-state index contributed by atoms with van der Waals surface area (Å²) in [5.41, 5.74) is 0. The number of carbonyl (C=O) groups excluding carboxylic acids is 1. The van der Waals surface area contributed by atoms with Crippen LogP contribution in [0.1, 0.15) is 47.0 Å². The van der Waals surface area contributed by atoms with Gasteiger partial charge >= 0.3 is 0 Å². The van der Waals surface area contributed by atoms with Gasteiger partial charge in [-0.1, -0.05) is 27.7 Å². The minimum Gasteiger partial charge on any atom is -0.353 e. The predicted octanol–water partition coefficient (Wildman–Crippen LogP) is 2.27. The molecule has 1 N–H and O–H groups in total. The highest BCUT2D eigenvalue weighted by Gasteiger charge is 2.20. The van der Waals surface area contributed by atoms with Crippen LogP contribution in [-0.4, -0.2) is 36.5 Å². The molecule has 0 aromatic rings. The minimum atomic E-state index is 0.0861. The largest absolute Gasteiger partial charge is 0.353 e. The average Bonchev–Trinajstić information content (AvgIpc) is 2.75. The zero-order chi connectivity index (χ0) is 12.8. The van der Waals surface area contributed by atoms with E-state index in [0.29, 0.717) is 12.0 Å². The standard InChI is InChI=1S/C14H28N2O/c1-11(2)13(15-14(17)12(3)4)7-10-16-8-5-6-9-16/h11-13H,5-10H2,1-4H3,(H,15,17)/t13-/m1/s1. The van der Waals surface area contributed by atoms with Crippen LogP contribution in [0.5, 0.6) is 0 Å². The maximum absolute atomic E-state index is 11.7. The lowest BCUT2D eigenvalue weighted by molar-refractivity contribution is -0.125. The fourth-order valence-corrected chi connectivity index (χ4v) is 2.25. The van der Waals surface area contributed by atoms with Gasteiger partial charge in [0.2, 0.25) is 5.91 Å². The lowest BCUT2D eigenvalue weighted by Crippen LogP contribution is -2.42. The van der Waals surface area contributed by atoms with Crippen molar-refractivity contribution in [3.8, 4) is 0 Å². The van der Waals surface area contributed by atoms with E-state index in [4.69, 9.17) is 0 Å². The highest BCUT2D eigenvalue weighted by Crippen LogP contribution is 2.12. The third kappa shape index (κ3) is 5.07. The Hall–Kier alpha value is -0.570. The first kappa shape index (κ1) is 14.5. The van der Waals surface area contributed by atoms with Crippen molar-refractivity contribution in [3.05, 3.63) is 0 Å². The molecule has 0 bridgehead atoms. The number of carbonyl (C=O) groups is 1. The number of hydrogen-bond donors (Lipinski definition) is 1. The fourth-order valence-electron chi connectivity index (χ4n) is 2.25. The highest BCUT2D eigenvalue weighted by molar-refractivity contribution is 5.78. The molecule has 100 valence electrons. The second kappa shape index (κ2) is 7.00. The Bertz CT molecular complexity index is 232. The van der Waals surface area contributed by atoms with Gasteiger partial charge in [0.15, 0.2) is 0 Å². The molecule has 0 spiro atoms. The van der Waals surface area contributed by atoms with Crippen LogP contribution in [0, 0.1) is 11.8 Å². The second-order valence-corrected chi connectivity index (χ2v) is 5.85. The lowest BCUT2D eigenvalue weighted by Gasteiger charge is -2.26. The van der Waals surface area contributed by atoms with Crippen LogP contribution in [0.15, 0.2) is 0 Å². The van der Waals surface area contributed by atoms with Gasteiger partial charge in [-0.2, -0.15) is 0 Å². The van der Waals surface area contributed by atoms with E-state index >= 15 is 0 Å². The molecule has 1 fully saturated rings. The van der Waals surface area contributed by atoms with Gasteiger partial charge < -0.3 is 10.2 Å². The molecule has 0 saturated carbocycles. The van der Waals surface area contributed by atoms with E-state index in [1.807, 2.05) is 13.8 Å². The third-order valence-corrected chi connectivity index (χ3v) is 3.61. The van der Waals surface area contributed by atoms with E-state index in [1.54, 1.807) is 0 Å². The molecular formula is C14H28N2O. The van der Waals surface area contributed by atoms with Crippen molar-refractivity contribution in [1.82, 2.24) is 10.2 Å². The number of nitrogens with zero attached hydrogens (tertiary/aromatic N) is 1. The first-order valence-corrected chi connectivity index (χ1v) is 7.03. The van der Waals surface area contributed by atoms with Crippen LogP contribution in [0.3, 0.4) is 0 Å². The van der Waals surface area contributed by atoms with Gasteiger partial charge in [-0.25, -0.2) is 0 Å². The Labute approximate surface area is 106 Å². The van der Waals surface area contributed by atoms with E-state index in [-0.39, 0.29) is 11.8 Å². The molecule has 1 saturated heterocycles. The summed E-state index contributed by atoms with van der Waals surface area (Å²) in [4.78, 5) is 14.2. The zero-order valence-corrected chi connectivity index (χ0v) is 11.8. The van der Waals surface area contributed by atoms with E-state index in [9.17, 15) is 4.79 Å². The highest BCUT2D eigenvalue weighted by atomic mass is 16.1. The van der Waals surface area contributed by atoms with Crippen LogP contribution in [0.4, 0.5) is 0 Å². The van der Waals surface area contributed by atoms with Crippen molar-refractivity contribution >= 4 is 5.91 Å². The monoisotopic (exact) mass is 240 g/mol. The van der Waals surface area contributed by atoms with Gasteiger partial charge in [-0.3, -0.25) is 4.79 Å². The van der Waals surface area contributed by atoms with Crippen molar-refractivity contribution in [2.45, 2.75) is 53.0 Å². The normalized spacial score (nSPS) is 18.9. The Morgan fingerprint density at radius 1 is 1.18 bits per heavy atom. The molecule has 1 aliphatic rings. The summed E-state index contributed by atoms with van der Waals surface area (Å²) in [5, 5.41) is 3.17. The number of likely N-dealkylation sites (tertiary alicyclic amines) is 1. The van der Waals surface area contributed by atoms with Crippen molar-refractivity contribution < 1.29 is 4.79 Å². The first-order chi connectivity index (χ1) is 8.00. The van der Waals surface area contributed by atoms with E-state index in [0.717, 1.165) is 13.0 Å². The van der Waals surface area contributed by atoms with Gasteiger partial charge in [0.25, 0.3) is 0 Å². The van der Waals surface area contributed by atoms with Crippen LogP contribution < -0.4 is 5.32 Å². The average molecular weight is 240 g/mol. The van der Waals surface area contributed by atoms with Crippen molar-refractivity contribution in [2.24, 2.45) is 11.8 Å². The SMILES string of the molecule is CC(C)C(=O)N[C@H](CCN1CCCC1)C(C)C. The smallest absolute Gasteiger partial charge is 0.222 e. The fraction of sp³-hybridized carbons (Fsp3) is 0.929. The molecule has 0 radical (unpaired) electrons. The lowest BCUT2D eigenvalue weighted by atomic mass is 9.99. The number of nitrogens with one attached hydrogen (secondary N) is 1. The van der Waals surface area contributed by atoms with Crippen LogP contribution >= 0.6 is 0 Å². The Balaban J connectivity index is 2.34. The molecule has 3 nitrogen and oxygen atoms in total. The summed E-state index contributed by atoms with van der Waals surface area (Å²) in [6.07, 6.45) is 3.76. The number of rotatable bonds is 6. The number of amides is 1. The summed E-state index contributed by atoms with van der Waals surface area (Å²) in [5.74, 6) is 0.786. The summed E-state index contributed by atoms with van der Waals surface area (Å²) >= 11 is 0. The van der Waals surface area contributed by atoms with Gasteiger partial charge in [0, 0.05) is 18.5 Å². The quantitative estimate of drug-likeness (QED) is 0.772. The van der Waals surface area contributed by atoms with Gasteiger partial charge in [0.05, 0.1) is 0 Å². The summed E-state index contributed by atoms with van der Waals surface area (Å²) < 4.78 is 0. The van der Waals surface area contributed by atoms with Crippen molar-refractivity contribution in [2.75, 3.05) is 19.6 Å². The molecule has 0 aromatic carbocycles. The zero-order valence-electron chi connectivity index (χ0n) is 11.8. The van der Waals surface area contributed by atoms with Gasteiger partial charge in [-0.05, 0) is 38.3 Å². The molecule has 17 heavy (non-hydrogen) atoms. The molecule has 1 rings (SSSR count). The van der Waals surface area contributed by atoms with Crippen molar-refractivity contribution in [3.63, 3.8) is 0 Å². The molecular weight excluding hydrogens is 212 g/mol. The predicted molar refractivity (Wildman–Crippen MR) is 71.9 cm³/mol.